The fourth-order valence-electron chi connectivity index (χ4n) is 3.44. The van der Waals surface area contributed by atoms with Gasteiger partial charge in [0.05, 0.1) is 0 Å². The third-order valence-electron chi connectivity index (χ3n) is 5.33. The molecule has 1 amide bonds. The first-order valence-electron chi connectivity index (χ1n) is 6.68. The Morgan fingerprint density at radius 2 is 1.78 bits per heavy atom. The SMILES string of the molecule is CC1(C)C(C(=O)N2CCC(CC(=O)O)C2)C1(C)C. The Hall–Kier alpha value is -1.06. The zero-order chi connectivity index (χ0) is 13.7. The van der Waals surface area contributed by atoms with Gasteiger partial charge in [-0.25, -0.2) is 0 Å². The molecule has 2 fully saturated rings. The molecule has 2 aliphatic rings. The standard InChI is InChI=1S/C14H23NO3/c1-13(2)11(14(13,3)4)12(18)15-6-5-9(8-15)7-10(16)17/h9,11H,5-8H2,1-4H3,(H,16,17). The van der Waals surface area contributed by atoms with E-state index in [2.05, 4.69) is 27.7 Å². The van der Waals surface area contributed by atoms with Gasteiger partial charge >= 0.3 is 5.97 Å². The van der Waals surface area contributed by atoms with Crippen molar-refractivity contribution in [3.8, 4) is 0 Å². The number of rotatable bonds is 3. The van der Waals surface area contributed by atoms with Gasteiger partial charge in [0.15, 0.2) is 0 Å². The summed E-state index contributed by atoms with van der Waals surface area (Å²) in [5.74, 6) is -0.315. The van der Waals surface area contributed by atoms with Crippen molar-refractivity contribution < 1.29 is 14.7 Å². The van der Waals surface area contributed by atoms with Crippen LogP contribution in [0.4, 0.5) is 0 Å². The predicted octanol–water partition coefficient (Wildman–Crippen LogP) is 1.99. The molecule has 1 unspecified atom stereocenters. The van der Waals surface area contributed by atoms with Crippen LogP contribution in [0.15, 0.2) is 0 Å². The van der Waals surface area contributed by atoms with Gasteiger partial charge in [-0.15, -0.1) is 0 Å². The first-order chi connectivity index (χ1) is 8.18. The lowest BCUT2D eigenvalue weighted by Gasteiger charge is -2.17. The second-order valence-corrected chi connectivity index (χ2v) is 6.91. The van der Waals surface area contributed by atoms with Crippen molar-refractivity contribution in [1.82, 2.24) is 4.90 Å². The molecule has 0 aromatic carbocycles. The van der Waals surface area contributed by atoms with Crippen LogP contribution in [0.25, 0.3) is 0 Å². The molecule has 4 heteroatoms. The minimum absolute atomic E-state index is 0.0645. The van der Waals surface area contributed by atoms with Crippen LogP contribution in [0.5, 0.6) is 0 Å². The second-order valence-electron chi connectivity index (χ2n) is 6.91. The maximum Gasteiger partial charge on any atom is 0.303 e. The maximum atomic E-state index is 12.4. The predicted molar refractivity (Wildman–Crippen MR) is 68.0 cm³/mol. The summed E-state index contributed by atoms with van der Waals surface area (Å²) in [4.78, 5) is 25.0. The van der Waals surface area contributed by atoms with Crippen LogP contribution in [0.1, 0.15) is 40.5 Å². The van der Waals surface area contributed by atoms with E-state index >= 15 is 0 Å². The Morgan fingerprint density at radius 1 is 1.22 bits per heavy atom. The first kappa shape index (κ1) is 13.4. The van der Waals surface area contributed by atoms with E-state index in [1.807, 2.05) is 4.90 Å². The van der Waals surface area contributed by atoms with Crippen molar-refractivity contribution in [2.45, 2.75) is 40.5 Å². The van der Waals surface area contributed by atoms with Gasteiger partial charge in [-0.05, 0) is 23.2 Å². The van der Waals surface area contributed by atoms with Gasteiger partial charge in [0, 0.05) is 25.4 Å². The van der Waals surface area contributed by atoms with Crippen molar-refractivity contribution in [3.63, 3.8) is 0 Å². The van der Waals surface area contributed by atoms with E-state index in [0.717, 1.165) is 13.0 Å². The Balaban J connectivity index is 1.95. The zero-order valence-electron chi connectivity index (χ0n) is 11.7. The summed E-state index contributed by atoms with van der Waals surface area (Å²) in [6.45, 7) is 9.90. The average molecular weight is 253 g/mol. The summed E-state index contributed by atoms with van der Waals surface area (Å²) in [6, 6.07) is 0. The lowest BCUT2D eigenvalue weighted by atomic mass is 10.0. The molecule has 0 radical (unpaired) electrons. The van der Waals surface area contributed by atoms with Gasteiger partial charge in [0.25, 0.3) is 0 Å². The number of carbonyl (C=O) groups is 2. The smallest absolute Gasteiger partial charge is 0.303 e. The number of carboxylic acid groups (broad SMARTS) is 1. The highest BCUT2D eigenvalue weighted by Gasteiger charge is 2.68. The Labute approximate surface area is 108 Å². The van der Waals surface area contributed by atoms with Crippen LogP contribution < -0.4 is 0 Å². The van der Waals surface area contributed by atoms with Gasteiger partial charge in [-0.3, -0.25) is 9.59 Å². The molecule has 18 heavy (non-hydrogen) atoms. The number of nitrogens with zero attached hydrogens (tertiary/aromatic N) is 1. The molecule has 1 aliphatic carbocycles. The monoisotopic (exact) mass is 253 g/mol. The van der Waals surface area contributed by atoms with Crippen LogP contribution >= 0.6 is 0 Å². The van der Waals surface area contributed by atoms with Crippen molar-refractivity contribution >= 4 is 11.9 Å². The summed E-state index contributed by atoms with van der Waals surface area (Å²) in [7, 11) is 0. The zero-order valence-corrected chi connectivity index (χ0v) is 11.7. The summed E-state index contributed by atoms with van der Waals surface area (Å²) >= 11 is 0. The topological polar surface area (TPSA) is 57.6 Å². The summed E-state index contributed by atoms with van der Waals surface area (Å²) < 4.78 is 0. The van der Waals surface area contributed by atoms with Gasteiger partial charge in [-0.1, -0.05) is 27.7 Å². The molecule has 1 N–H and O–H groups in total. The molecule has 2 rings (SSSR count). The third-order valence-corrected chi connectivity index (χ3v) is 5.33. The highest BCUT2D eigenvalue weighted by atomic mass is 16.4. The van der Waals surface area contributed by atoms with Gasteiger partial charge in [0.2, 0.25) is 5.91 Å². The maximum absolute atomic E-state index is 12.4. The van der Waals surface area contributed by atoms with E-state index in [1.54, 1.807) is 0 Å². The molecule has 1 saturated carbocycles. The van der Waals surface area contributed by atoms with E-state index in [4.69, 9.17) is 5.11 Å². The molecule has 1 saturated heterocycles. The van der Waals surface area contributed by atoms with Crippen LogP contribution in [0.2, 0.25) is 0 Å². The molecule has 1 heterocycles. The van der Waals surface area contributed by atoms with E-state index < -0.39 is 5.97 Å². The Kier molecular flexibility index (Phi) is 2.95. The summed E-state index contributed by atoms with van der Waals surface area (Å²) in [5.41, 5.74) is 0.129. The normalized spacial score (nSPS) is 29.3. The second kappa shape index (κ2) is 3.97. The highest BCUT2D eigenvalue weighted by molar-refractivity contribution is 5.84. The number of hydrogen-bond donors (Lipinski definition) is 1. The lowest BCUT2D eigenvalue weighted by molar-refractivity contribution is -0.138. The minimum atomic E-state index is -0.763. The van der Waals surface area contributed by atoms with Crippen LogP contribution in [0.3, 0.4) is 0 Å². The molecule has 1 atom stereocenters. The number of aliphatic carboxylic acids is 1. The Morgan fingerprint density at radius 3 is 2.22 bits per heavy atom. The molecule has 0 aromatic heterocycles. The van der Waals surface area contributed by atoms with Crippen molar-refractivity contribution in [3.05, 3.63) is 0 Å². The van der Waals surface area contributed by atoms with Crippen LogP contribution in [-0.4, -0.2) is 35.0 Å². The van der Waals surface area contributed by atoms with Gasteiger partial charge in [-0.2, -0.15) is 0 Å². The first-order valence-corrected chi connectivity index (χ1v) is 6.68. The number of hydrogen-bond acceptors (Lipinski definition) is 2. The highest BCUT2D eigenvalue weighted by Crippen LogP contribution is 2.68. The quantitative estimate of drug-likeness (QED) is 0.837. The van der Waals surface area contributed by atoms with Gasteiger partial charge < -0.3 is 10.0 Å². The van der Waals surface area contributed by atoms with E-state index in [-0.39, 0.29) is 35.0 Å². The summed E-state index contributed by atoms with van der Waals surface area (Å²) in [6.07, 6.45) is 1.01. The molecule has 4 nitrogen and oxygen atoms in total. The van der Waals surface area contributed by atoms with E-state index in [1.165, 1.54) is 0 Å². The van der Waals surface area contributed by atoms with Crippen molar-refractivity contribution in [2.24, 2.45) is 22.7 Å². The minimum Gasteiger partial charge on any atom is -0.481 e. The fourth-order valence-corrected chi connectivity index (χ4v) is 3.44. The molecule has 102 valence electrons. The molecule has 0 spiro atoms. The van der Waals surface area contributed by atoms with Crippen LogP contribution in [-0.2, 0) is 9.59 Å². The summed E-state index contributed by atoms with van der Waals surface area (Å²) in [5, 5.41) is 8.78. The van der Waals surface area contributed by atoms with Crippen LogP contribution in [0, 0.1) is 22.7 Å². The van der Waals surface area contributed by atoms with E-state index in [9.17, 15) is 9.59 Å². The number of amides is 1. The van der Waals surface area contributed by atoms with Crippen molar-refractivity contribution in [1.29, 1.82) is 0 Å². The molecule has 1 aliphatic heterocycles. The average Bonchev–Trinajstić information content (AvgIpc) is 2.59. The van der Waals surface area contributed by atoms with Crippen molar-refractivity contribution in [2.75, 3.05) is 13.1 Å². The van der Waals surface area contributed by atoms with Gasteiger partial charge in [0.1, 0.15) is 0 Å². The number of carbonyl (C=O) groups excluding carboxylic acids is 1. The Bertz CT molecular complexity index is 373. The third kappa shape index (κ3) is 1.91. The molecule has 0 aromatic rings. The lowest BCUT2D eigenvalue weighted by Crippen LogP contribution is -2.32. The molecular weight excluding hydrogens is 230 g/mol. The largest absolute Gasteiger partial charge is 0.481 e. The fraction of sp³-hybridized carbons (Fsp3) is 0.857. The number of carboxylic acids is 1. The number of likely N-dealkylation sites (tertiary alicyclic amines) is 1. The van der Waals surface area contributed by atoms with E-state index in [0.29, 0.717) is 6.54 Å². The molecular formula is C14H23NO3. The molecule has 0 bridgehead atoms.